The molecule has 0 radical (unpaired) electrons. The molecule has 0 nitrogen and oxygen atoms in total. The highest BCUT2D eigenvalue weighted by Crippen LogP contribution is 2.48. The van der Waals surface area contributed by atoms with E-state index in [9.17, 15) is 0 Å². The number of thioether (sulfide) groups is 1. The highest BCUT2D eigenvalue weighted by molar-refractivity contribution is 8.00. The lowest BCUT2D eigenvalue weighted by atomic mass is 10.2. The zero-order valence-corrected chi connectivity index (χ0v) is 17.1. The molecule has 1 unspecified atom stereocenters. The fraction of sp³-hybridized carbons (Fsp3) is 0.120. The Hall–Kier alpha value is -2.08. The van der Waals surface area contributed by atoms with Crippen LogP contribution in [-0.4, -0.2) is 10.9 Å². The third-order valence-electron chi connectivity index (χ3n) is 4.80. The first kappa shape index (κ1) is 18.3. The summed E-state index contributed by atoms with van der Waals surface area (Å²) in [5.41, 5.74) is 1.98. The van der Waals surface area contributed by atoms with Crippen LogP contribution in [0.3, 0.4) is 0 Å². The molecule has 3 aromatic carbocycles. The second kappa shape index (κ2) is 8.74. The maximum absolute atomic E-state index is 2.41. The predicted molar refractivity (Wildman–Crippen MR) is 122 cm³/mol. The van der Waals surface area contributed by atoms with Crippen LogP contribution in [0.2, 0.25) is 0 Å². The Kier molecular flexibility index (Phi) is 5.92. The van der Waals surface area contributed by atoms with Gasteiger partial charge < -0.3 is 0 Å². The van der Waals surface area contributed by atoms with Crippen LogP contribution in [0.25, 0.3) is 0 Å². The number of allylic oxidation sites excluding steroid dienone is 3. The van der Waals surface area contributed by atoms with Crippen LogP contribution in [0.15, 0.2) is 120 Å². The molecule has 0 heterocycles. The number of hydrogen-bond acceptors (Lipinski definition) is 1. The van der Waals surface area contributed by atoms with Gasteiger partial charge in [0.05, 0.1) is 0 Å². The Balaban J connectivity index is 1.65. The third kappa shape index (κ3) is 4.26. The molecule has 0 spiro atoms. The highest BCUT2D eigenvalue weighted by Gasteiger charge is 2.30. The van der Waals surface area contributed by atoms with Crippen LogP contribution in [-0.2, 0) is 0 Å². The van der Waals surface area contributed by atoms with E-state index < -0.39 is 7.92 Å². The minimum Gasteiger partial charge on any atom is -0.119 e. The van der Waals surface area contributed by atoms with E-state index in [-0.39, 0.29) is 0 Å². The first-order valence-corrected chi connectivity index (χ1v) is 11.6. The summed E-state index contributed by atoms with van der Waals surface area (Å²) >= 11 is 1.95. The van der Waals surface area contributed by atoms with Crippen LogP contribution < -0.4 is 10.6 Å². The van der Waals surface area contributed by atoms with E-state index >= 15 is 0 Å². The summed E-state index contributed by atoms with van der Waals surface area (Å²) in [6.45, 7) is 2.34. The van der Waals surface area contributed by atoms with Crippen molar-refractivity contribution in [1.82, 2.24) is 0 Å². The molecule has 0 saturated carbocycles. The third-order valence-corrected chi connectivity index (χ3v) is 8.70. The predicted octanol–water partition coefficient (Wildman–Crippen LogP) is 6.16. The van der Waals surface area contributed by atoms with E-state index in [1.54, 1.807) is 0 Å². The molecule has 0 aromatic heterocycles. The van der Waals surface area contributed by atoms with E-state index in [2.05, 4.69) is 116 Å². The van der Waals surface area contributed by atoms with Crippen LogP contribution in [0.4, 0.5) is 0 Å². The summed E-state index contributed by atoms with van der Waals surface area (Å²) in [6.07, 6.45) is 7.00. The Bertz CT molecular complexity index is 877. The van der Waals surface area contributed by atoms with Crippen molar-refractivity contribution in [1.29, 1.82) is 0 Å². The fourth-order valence-corrected chi connectivity index (χ4v) is 7.50. The van der Waals surface area contributed by atoms with E-state index in [4.69, 9.17) is 0 Å². The lowest BCUT2D eigenvalue weighted by molar-refractivity contribution is 1.07. The van der Waals surface area contributed by atoms with Gasteiger partial charge in [-0.05, 0) is 43.2 Å². The molecular formula is C25H23PS. The molecule has 0 saturated heterocycles. The molecule has 0 fully saturated rings. The van der Waals surface area contributed by atoms with Crippen molar-refractivity contribution >= 4 is 30.3 Å². The fourth-order valence-electron chi connectivity index (χ4n) is 3.51. The molecule has 1 aliphatic rings. The smallest absolute Gasteiger partial charge is 0.0288 e. The Morgan fingerprint density at radius 1 is 0.741 bits per heavy atom. The average Bonchev–Trinajstić information content (AvgIpc) is 3.20. The van der Waals surface area contributed by atoms with Gasteiger partial charge in [-0.25, -0.2) is 0 Å². The van der Waals surface area contributed by atoms with Gasteiger partial charge in [0.2, 0.25) is 0 Å². The molecule has 2 heteroatoms. The van der Waals surface area contributed by atoms with Crippen molar-refractivity contribution in [2.45, 2.75) is 22.7 Å². The van der Waals surface area contributed by atoms with E-state index in [1.807, 2.05) is 11.8 Å². The van der Waals surface area contributed by atoms with Gasteiger partial charge in [0.15, 0.2) is 0 Å². The maximum Gasteiger partial charge on any atom is 0.0288 e. The number of benzene rings is 3. The maximum atomic E-state index is 2.41. The van der Waals surface area contributed by atoms with E-state index in [1.165, 1.54) is 21.1 Å². The summed E-state index contributed by atoms with van der Waals surface area (Å²) < 4.78 is 0. The van der Waals surface area contributed by atoms with Crippen LogP contribution in [0.5, 0.6) is 0 Å². The van der Waals surface area contributed by atoms with E-state index in [0.717, 1.165) is 0 Å². The first-order valence-electron chi connectivity index (χ1n) is 9.32. The molecule has 0 amide bonds. The van der Waals surface area contributed by atoms with Gasteiger partial charge in [-0.15, -0.1) is 11.8 Å². The van der Waals surface area contributed by atoms with Crippen molar-refractivity contribution < 1.29 is 0 Å². The van der Waals surface area contributed by atoms with Crippen molar-refractivity contribution in [3.8, 4) is 0 Å². The molecule has 1 aliphatic carbocycles. The van der Waals surface area contributed by atoms with Gasteiger partial charge in [-0.1, -0.05) is 97.1 Å². The molecule has 0 N–H and O–H groups in total. The summed E-state index contributed by atoms with van der Waals surface area (Å²) in [4.78, 5) is 1.33. The molecule has 0 bridgehead atoms. The van der Waals surface area contributed by atoms with E-state index in [0.29, 0.717) is 10.9 Å². The minimum atomic E-state index is -0.467. The molecule has 134 valence electrons. The van der Waals surface area contributed by atoms with Crippen LogP contribution >= 0.6 is 19.7 Å². The monoisotopic (exact) mass is 386 g/mol. The Labute approximate surface area is 167 Å². The van der Waals surface area contributed by atoms with Crippen LogP contribution in [0.1, 0.15) is 6.92 Å². The number of hydrogen-bond donors (Lipinski definition) is 0. The summed E-state index contributed by atoms with van der Waals surface area (Å²) in [5, 5.41) is 3.33. The minimum absolute atomic E-state index is 0.449. The van der Waals surface area contributed by atoms with Gasteiger partial charge in [0.1, 0.15) is 0 Å². The zero-order chi connectivity index (χ0) is 18.5. The summed E-state index contributed by atoms with van der Waals surface area (Å²) in [6, 6.07) is 32.8. The van der Waals surface area contributed by atoms with Gasteiger partial charge >= 0.3 is 0 Å². The van der Waals surface area contributed by atoms with Gasteiger partial charge in [0, 0.05) is 15.8 Å². The van der Waals surface area contributed by atoms with Gasteiger partial charge in [0.25, 0.3) is 0 Å². The molecule has 27 heavy (non-hydrogen) atoms. The Morgan fingerprint density at radius 3 is 1.81 bits per heavy atom. The quantitative estimate of drug-likeness (QED) is 0.361. The van der Waals surface area contributed by atoms with Crippen LogP contribution in [0, 0.1) is 0 Å². The van der Waals surface area contributed by atoms with Crippen molar-refractivity contribution in [3.05, 3.63) is 115 Å². The normalized spacial score (nSPS) is 17.1. The lowest BCUT2D eigenvalue weighted by Crippen LogP contribution is -2.23. The second-order valence-electron chi connectivity index (χ2n) is 6.61. The zero-order valence-electron chi connectivity index (χ0n) is 15.4. The van der Waals surface area contributed by atoms with Gasteiger partial charge in [-0.2, -0.15) is 0 Å². The molecular weight excluding hydrogens is 363 g/mol. The van der Waals surface area contributed by atoms with Crippen molar-refractivity contribution in [2.75, 3.05) is 0 Å². The standard InChI is InChI=1S/C25H23PS/c1-20(27-23-16-9-4-10-17-23)24-18-11-19-25(24)26(21-12-5-2-6-13-21)22-14-7-3-8-15-22/h2-20,25H,1H3/t20-,25?/m0/s1. The summed E-state index contributed by atoms with van der Waals surface area (Å²) in [5.74, 6) is 0. The lowest BCUT2D eigenvalue weighted by Gasteiger charge is -2.29. The average molecular weight is 387 g/mol. The van der Waals surface area contributed by atoms with Gasteiger partial charge in [-0.3, -0.25) is 0 Å². The first-order chi connectivity index (χ1) is 13.3. The van der Waals surface area contributed by atoms with Crippen molar-refractivity contribution in [3.63, 3.8) is 0 Å². The summed E-state index contributed by atoms with van der Waals surface area (Å²) in [7, 11) is -0.467. The molecule has 3 aromatic rings. The largest absolute Gasteiger partial charge is 0.119 e. The SMILES string of the molecule is C[C@H](Sc1ccccc1)C1=CC=CC1P(c1ccccc1)c1ccccc1. The van der Waals surface area contributed by atoms with Crippen molar-refractivity contribution in [2.24, 2.45) is 0 Å². The topological polar surface area (TPSA) is 0 Å². The second-order valence-corrected chi connectivity index (χ2v) is 10.4. The molecule has 0 aliphatic heterocycles. The molecule has 4 rings (SSSR count). The molecule has 2 atom stereocenters. The number of rotatable bonds is 6. The Morgan fingerprint density at radius 2 is 1.26 bits per heavy atom. The highest BCUT2D eigenvalue weighted by atomic mass is 32.2.